The summed E-state index contributed by atoms with van der Waals surface area (Å²) in [5, 5.41) is 7.88. The Morgan fingerprint density at radius 1 is 1.30 bits per heavy atom. The van der Waals surface area contributed by atoms with Gasteiger partial charge in [-0.15, -0.1) is 0 Å². The van der Waals surface area contributed by atoms with Gasteiger partial charge in [0.25, 0.3) is 0 Å². The average Bonchev–Trinajstić information content (AvgIpc) is 2.92. The lowest BCUT2D eigenvalue weighted by Gasteiger charge is -2.09. The molecule has 0 fully saturated rings. The summed E-state index contributed by atoms with van der Waals surface area (Å²) < 4.78 is 1.91. The van der Waals surface area contributed by atoms with E-state index in [1.807, 2.05) is 29.1 Å². The van der Waals surface area contributed by atoms with Gasteiger partial charge in [0, 0.05) is 24.3 Å². The molecule has 3 nitrogen and oxygen atoms in total. The van der Waals surface area contributed by atoms with Crippen LogP contribution in [0.25, 0.3) is 11.8 Å². The Morgan fingerprint density at radius 2 is 2.05 bits per heavy atom. The first-order chi connectivity index (χ1) is 9.69. The minimum atomic E-state index is 0.511. The molecule has 0 bridgehead atoms. The quantitative estimate of drug-likeness (QED) is 0.867. The molecular weight excluding hydrogens is 246 g/mol. The standard InChI is InChI=1S/C17H23N3/c1-4-15(11-18-14(2)3)10-16-12-19-20(13-16)17-8-6-5-7-9-17/h5-10,12-14,18H,4,11H2,1-3H3. The lowest BCUT2D eigenvalue weighted by molar-refractivity contribution is 0.617. The molecular formula is C17H23N3. The van der Waals surface area contributed by atoms with Gasteiger partial charge in [0.2, 0.25) is 0 Å². The highest BCUT2D eigenvalue weighted by Crippen LogP contribution is 2.12. The van der Waals surface area contributed by atoms with Crippen LogP contribution in [-0.2, 0) is 0 Å². The van der Waals surface area contributed by atoms with Crippen LogP contribution >= 0.6 is 0 Å². The maximum Gasteiger partial charge on any atom is 0.0645 e. The molecule has 1 aromatic carbocycles. The van der Waals surface area contributed by atoms with Gasteiger partial charge >= 0.3 is 0 Å². The third-order valence-corrected chi connectivity index (χ3v) is 3.19. The number of nitrogens with zero attached hydrogens (tertiary/aromatic N) is 2. The summed E-state index contributed by atoms with van der Waals surface area (Å²) in [6.45, 7) is 7.46. The second-order valence-electron chi connectivity index (χ2n) is 5.25. The van der Waals surface area contributed by atoms with Gasteiger partial charge in [-0.25, -0.2) is 4.68 Å². The molecule has 0 saturated carbocycles. The lowest BCUT2D eigenvalue weighted by atomic mass is 10.1. The summed E-state index contributed by atoms with van der Waals surface area (Å²) in [5.74, 6) is 0. The van der Waals surface area contributed by atoms with Gasteiger partial charge < -0.3 is 5.32 Å². The van der Waals surface area contributed by atoms with Gasteiger partial charge in [-0.05, 0) is 18.6 Å². The summed E-state index contributed by atoms with van der Waals surface area (Å²) in [4.78, 5) is 0. The number of para-hydroxylation sites is 1. The molecule has 1 aromatic heterocycles. The van der Waals surface area contributed by atoms with Gasteiger partial charge in [-0.3, -0.25) is 0 Å². The zero-order chi connectivity index (χ0) is 14.4. The lowest BCUT2D eigenvalue weighted by Crippen LogP contribution is -2.24. The number of hydrogen-bond donors (Lipinski definition) is 1. The monoisotopic (exact) mass is 269 g/mol. The van der Waals surface area contributed by atoms with Crippen molar-refractivity contribution in [2.45, 2.75) is 33.2 Å². The molecule has 0 spiro atoms. The van der Waals surface area contributed by atoms with Gasteiger partial charge in [0.05, 0.1) is 11.9 Å². The molecule has 2 aromatic rings. The topological polar surface area (TPSA) is 29.9 Å². The maximum atomic E-state index is 4.42. The van der Waals surface area contributed by atoms with E-state index >= 15 is 0 Å². The molecule has 0 atom stereocenters. The Balaban J connectivity index is 2.11. The molecule has 3 heteroatoms. The van der Waals surface area contributed by atoms with Gasteiger partial charge in [0.15, 0.2) is 0 Å². The molecule has 20 heavy (non-hydrogen) atoms. The third-order valence-electron chi connectivity index (χ3n) is 3.19. The van der Waals surface area contributed by atoms with Crippen LogP contribution in [0, 0.1) is 0 Å². The molecule has 0 aliphatic heterocycles. The first-order valence-corrected chi connectivity index (χ1v) is 7.22. The minimum absolute atomic E-state index is 0.511. The Labute approximate surface area is 121 Å². The van der Waals surface area contributed by atoms with Gasteiger partial charge in [0.1, 0.15) is 0 Å². The van der Waals surface area contributed by atoms with Gasteiger partial charge in [-0.1, -0.05) is 50.6 Å². The van der Waals surface area contributed by atoms with Crippen molar-refractivity contribution >= 4 is 6.08 Å². The molecule has 0 aliphatic carbocycles. The fourth-order valence-corrected chi connectivity index (χ4v) is 1.98. The average molecular weight is 269 g/mol. The number of aromatic nitrogens is 2. The van der Waals surface area contributed by atoms with Crippen molar-refractivity contribution < 1.29 is 0 Å². The van der Waals surface area contributed by atoms with E-state index in [-0.39, 0.29) is 0 Å². The van der Waals surface area contributed by atoms with E-state index < -0.39 is 0 Å². The van der Waals surface area contributed by atoms with Crippen LogP contribution in [0.3, 0.4) is 0 Å². The molecule has 0 saturated heterocycles. The Morgan fingerprint density at radius 3 is 2.70 bits per heavy atom. The van der Waals surface area contributed by atoms with Crippen LogP contribution in [0.2, 0.25) is 0 Å². The van der Waals surface area contributed by atoms with E-state index in [1.165, 1.54) is 5.57 Å². The van der Waals surface area contributed by atoms with Crippen molar-refractivity contribution in [3.63, 3.8) is 0 Å². The summed E-state index contributed by atoms with van der Waals surface area (Å²) in [7, 11) is 0. The predicted molar refractivity (Wildman–Crippen MR) is 85.0 cm³/mol. The first-order valence-electron chi connectivity index (χ1n) is 7.22. The molecule has 0 radical (unpaired) electrons. The highest BCUT2D eigenvalue weighted by atomic mass is 15.3. The first kappa shape index (κ1) is 14.5. The van der Waals surface area contributed by atoms with Crippen molar-refractivity contribution in [1.29, 1.82) is 0 Å². The summed E-state index contributed by atoms with van der Waals surface area (Å²) in [6.07, 6.45) is 7.26. The molecule has 1 N–H and O–H groups in total. The zero-order valence-corrected chi connectivity index (χ0v) is 12.5. The largest absolute Gasteiger partial charge is 0.311 e. The Kier molecular flexibility index (Phi) is 5.13. The molecule has 106 valence electrons. The van der Waals surface area contributed by atoms with Crippen LogP contribution in [-0.4, -0.2) is 22.4 Å². The third kappa shape index (κ3) is 4.07. The number of benzene rings is 1. The fraction of sp³-hybridized carbons (Fsp3) is 0.353. The summed E-state index contributed by atoms with van der Waals surface area (Å²) in [5.41, 5.74) is 3.63. The van der Waals surface area contributed by atoms with Crippen molar-refractivity contribution in [1.82, 2.24) is 15.1 Å². The van der Waals surface area contributed by atoms with Crippen molar-refractivity contribution in [2.24, 2.45) is 0 Å². The zero-order valence-electron chi connectivity index (χ0n) is 12.5. The summed E-state index contributed by atoms with van der Waals surface area (Å²) in [6, 6.07) is 10.7. The van der Waals surface area contributed by atoms with E-state index in [1.54, 1.807) is 0 Å². The van der Waals surface area contributed by atoms with E-state index in [0.29, 0.717) is 6.04 Å². The second kappa shape index (κ2) is 7.06. The highest BCUT2D eigenvalue weighted by molar-refractivity contribution is 5.52. The Bertz CT molecular complexity index is 553. The second-order valence-corrected chi connectivity index (χ2v) is 5.25. The molecule has 0 unspecified atom stereocenters. The molecule has 2 rings (SSSR count). The predicted octanol–water partition coefficient (Wildman–Crippen LogP) is 3.66. The molecule has 0 amide bonds. The van der Waals surface area contributed by atoms with E-state index in [2.05, 4.69) is 55.6 Å². The van der Waals surface area contributed by atoms with Crippen molar-refractivity contribution in [3.05, 3.63) is 53.9 Å². The van der Waals surface area contributed by atoms with Crippen LogP contribution < -0.4 is 5.32 Å². The van der Waals surface area contributed by atoms with E-state index in [4.69, 9.17) is 0 Å². The van der Waals surface area contributed by atoms with Gasteiger partial charge in [-0.2, -0.15) is 5.10 Å². The summed E-state index contributed by atoms with van der Waals surface area (Å²) >= 11 is 0. The maximum absolute atomic E-state index is 4.42. The Hall–Kier alpha value is -1.87. The fourth-order valence-electron chi connectivity index (χ4n) is 1.98. The van der Waals surface area contributed by atoms with Crippen LogP contribution in [0.4, 0.5) is 0 Å². The molecule has 0 aliphatic rings. The van der Waals surface area contributed by atoms with Crippen molar-refractivity contribution in [2.75, 3.05) is 6.54 Å². The van der Waals surface area contributed by atoms with E-state index in [0.717, 1.165) is 24.2 Å². The minimum Gasteiger partial charge on any atom is -0.311 e. The van der Waals surface area contributed by atoms with Crippen LogP contribution in [0.15, 0.2) is 48.3 Å². The molecule has 1 heterocycles. The van der Waals surface area contributed by atoms with Crippen LogP contribution in [0.5, 0.6) is 0 Å². The SMILES string of the molecule is CCC(=Cc1cnn(-c2ccccc2)c1)CNC(C)C. The smallest absolute Gasteiger partial charge is 0.0645 e. The van der Waals surface area contributed by atoms with Crippen molar-refractivity contribution in [3.8, 4) is 5.69 Å². The normalized spacial score (nSPS) is 12.1. The number of rotatable bonds is 6. The van der Waals surface area contributed by atoms with E-state index in [9.17, 15) is 0 Å². The van der Waals surface area contributed by atoms with Crippen LogP contribution in [0.1, 0.15) is 32.8 Å². The number of nitrogens with one attached hydrogen (secondary N) is 1. The highest BCUT2D eigenvalue weighted by Gasteiger charge is 2.01. The number of hydrogen-bond acceptors (Lipinski definition) is 2.